The molecule has 12 heteroatoms. The van der Waals surface area contributed by atoms with Crippen LogP contribution in [0.4, 0.5) is 0 Å². The maximum atomic E-state index is 13.5. The van der Waals surface area contributed by atoms with Crippen LogP contribution in [-0.2, 0) is 39.9 Å². The number of nitrogens with two attached hydrogens (primary N) is 1. The Labute approximate surface area is 216 Å². The molecule has 206 valence electrons. The maximum absolute atomic E-state index is 13.5. The number of carboxylic acid groups (broad SMARTS) is 1. The Balaban J connectivity index is 0.00000159. The molecular formula is C25H37N3O9. The first-order valence-electron chi connectivity index (χ1n) is 11.6. The highest BCUT2D eigenvalue weighted by Crippen LogP contribution is 2.24. The summed E-state index contributed by atoms with van der Waals surface area (Å²) in [5, 5.41) is 10.3. The van der Waals surface area contributed by atoms with E-state index in [2.05, 4.69) is 5.32 Å². The molecule has 37 heavy (non-hydrogen) atoms. The van der Waals surface area contributed by atoms with Gasteiger partial charge in [-0.1, -0.05) is 12.1 Å². The number of esters is 2. The third-order valence-corrected chi connectivity index (χ3v) is 5.21. The molecule has 0 aromatic heterocycles. The molecule has 1 aromatic carbocycles. The lowest BCUT2D eigenvalue weighted by Crippen LogP contribution is -2.72. The zero-order chi connectivity index (χ0) is 28.4. The van der Waals surface area contributed by atoms with E-state index in [1.165, 1.54) is 12.0 Å². The van der Waals surface area contributed by atoms with Crippen molar-refractivity contribution in [3.8, 4) is 5.75 Å². The van der Waals surface area contributed by atoms with Crippen molar-refractivity contribution in [1.29, 1.82) is 0 Å². The minimum absolute atomic E-state index is 0.146. The number of hydrogen-bond acceptors (Lipinski definition) is 10. The van der Waals surface area contributed by atoms with E-state index in [0.717, 1.165) is 12.5 Å². The van der Waals surface area contributed by atoms with E-state index < -0.39 is 53.2 Å². The molecule has 0 spiro atoms. The molecule has 12 nitrogen and oxygen atoms in total. The van der Waals surface area contributed by atoms with Crippen LogP contribution in [0.25, 0.3) is 0 Å². The Morgan fingerprint density at radius 3 is 2.19 bits per heavy atom. The second-order valence-corrected chi connectivity index (χ2v) is 9.44. The largest absolute Gasteiger partial charge is 0.497 e. The van der Waals surface area contributed by atoms with Crippen LogP contribution < -0.4 is 15.8 Å². The molecule has 1 heterocycles. The fourth-order valence-corrected chi connectivity index (χ4v) is 3.66. The Kier molecular flexibility index (Phi) is 11.7. The molecule has 1 aliphatic rings. The lowest BCUT2D eigenvalue weighted by atomic mass is 9.81. The van der Waals surface area contributed by atoms with Crippen LogP contribution in [0, 0.1) is 0 Å². The van der Waals surface area contributed by atoms with Crippen molar-refractivity contribution in [2.45, 2.75) is 57.7 Å². The zero-order valence-corrected chi connectivity index (χ0v) is 22.2. The standard InChI is InChI=1S/C23H33N3O7.C2H4O2/c1-22(2,3)33-19(28)14-26-11-10-25-23(21(26)30,13-18(27)32-5)20(29)17(24)12-15-6-8-16(31-4)9-7-15;1-2(3)4/h6-9,17,25H,10-14,24H2,1-5H3;1H3,(H,3,4)/t17-,23?;/m0./s1. The number of ketones is 1. The summed E-state index contributed by atoms with van der Waals surface area (Å²) in [6, 6.07) is 5.93. The summed E-state index contributed by atoms with van der Waals surface area (Å²) in [7, 11) is 2.72. The molecule has 1 amide bonds. The van der Waals surface area contributed by atoms with Gasteiger partial charge in [0, 0.05) is 20.0 Å². The lowest BCUT2D eigenvalue weighted by molar-refractivity contribution is -0.164. The third-order valence-electron chi connectivity index (χ3n) is 5.21. The van der Waals surface area contributed by atoms with Crippen LogP contribution in [0.3, 0.4) is 0 Å². The molecule has 4 N–H and O–H groups in total. The lowest BCUT2D eigenvalue weighted by Gasteiger charge is -2.41. The molecule has 0 aliphatic carbocycles. The Hall–Kier alpha value is -3.51. The summed E-state index contributed by atoms with van der Waals surface area (Å²) in [6.07, 6.45) is -0.394. The van der Waals surface area contributed by atoms with Crippen LogP contribution in [-0.4, -0.2) is 90.6 Å². The van der Waals surface area contributed by atoms with Crippen molar-refractivity contribution in [2.24, 2.45) is 5.73 Å². The van der Waals surface area contributed by atoms with Crippen LogP contribution in [0.2, 0.25) is 0 Å². The average molecular weight is 524 g/mol. The molecule has 2 atom stereocenters. The number of ether oxygens (including phenoxy) is 3. The summed E-state index contributed by atoms with van der Waals surface area (Å²) in [5.74, 6) is -2.90. The molecule has 1 fully saturated rings. The number of carboxylic acids is 1. The van der Waals surface area contributed by atoms with Gasteiger partial charge in [0.2, 0.25) is 0 Å². The predicted octanol–water partition coefficient (Wildman–Crippen LogP) is 0.300. The first-order chi connectivity index (χ1) is 17.1. The van der Waals surface area contributed by atoms with Crippen molar-refractivity contribution in [1.82, 2.24) is 10.2 Å². The number of rotatable bonds is 9. The highest BCUT2D eigenvalue weighted by atomic mass is 16.6. The van der Waals surface area contributed by atoms with Gasteiger partial charge in [0.05, 0.1) is 26.7 Å². The second-order valence-electron chi connectivity index (χ2n) is 9.44. The van der Waals surface area contributed by atoms with Gasteiger partial charge < -0.3 is 30.0 Å². The molecule has 0 saturated carbocycles. The van der Waals surface area contributed by atoms with Crippen LogP contribution in [0.1, 0.15) is 39.7 Å². The number of Topliss-reactive ketones (excluding diaryl/α,β-unsaturated/α-hetero) is 1. The van der Waals surface area contributed by atoms with E-state index in [1.54, 1.807) is 52.1 Å². The summed E-state index contributed by atoms with van der Waals surface area (Å²) in [5.41, 5.74) is 4.31. The van der Waals surface area contributed by atoms with E-state index in [4.69, 9.17) is 29.8 Å². The minimum Gasteiger partial charge on any atom is -0.497 e. The number of aliphatic carboxylic acids is 1. The summed E-state index contributed by atoms with van der Waals surface area (Å²) in [4.78, 5) is 61.6. The first-order valence-corrected chi connectivity index (χ1v) is 11.6. The van der Waals surface area contributed by atoms with Gasteiger partial charge in [-0.3, -0.25) is 29.3 Å². The van der Waals surface area contributed by atoms with Gasteiger partial charge in [0.1, 0.15) is 17.9 Å². The van der Waals surface area contributed by atoms with Crippen molar-refractivity contribution >= 4 is 29.6 Å². The highest BCUT2D eigenvalue weighted by molar-refractivity contribution is 6.15. The number of hydrogen-bond donors (Lipinski definition) is 3. The highest BCUT2D eigenvalue weighted by Gasteiger charge is 2.53. The summed E-state index contributed by atoms with van der Waals surface area (Å²) in [6.45, 7) is 6.24. The topological polar surface area (TPSA) is 175 Å². The van der Waals surface area contributed by atoms with Crippen molar-refractivity contribution in [3.63, 3.8) is 0 Å². The van der Waals surface area contributed by atoms with Crippen LogP contribution >= 0.6 is 0 Å². The Morgan fingerprint density at radius 1 is 1.14 bits per heavy atom. The molecule has 1 unspecified atom stereocenters. The second kappa shape index (κ2) is 13.7. The Bertz CT molecular complexity index is 969. The van der Waals surface area contributed by atoms with Gasteiger partial charge in [-0.05, 0) is 44.9 Å². The van der Waals surface area contributed by atoms with E-state index in [0.29, 0.717) is 5.75 Å². The monoisotopic (exact) mass is 523 g/mol. The minimum atomic E-state index is -1.93. The fraction of sp³-hybridized carbons (Fsp3) is 0.560. The number of carbonyl (C=O) groups is 5. The van der Waals surface area contributed by atoms with Crippen molar-refractivity contribution < 1.29 is 43.3 Å². The molecule has 0 bridgehead atoms. The Morgan fingerprint density at radius 2 is 1.70 bits per heavy atom. The smallest absolute Gasteiger partial charge is 0.326 e. The van der Waals surface area contributed by atoms with E-state index in [-0.39, 0.29) is 26.1 Å². The van der Waals surface area contributed by atoms with E-state index >= 15 is 0 Å². The van der Waals surface area contributed by atoms with Crippen LogP contribution in [0.5, 0.6) is 5.75 Å². The number of methoxy groups -OCH3 is 2. The SMILES string of the molecule is CC(=O)O.COC(=O)CC1(C(=O)[C@@H](N)Cc2ccc(OC)cc2)NCCN(CC(=O)OC(C)(C)C)C1=O. The molecule has 1 aromatic rings. The zero-order valence-electron chi connectivity index (χ0n) is 22.2. The van der Waals surface area contributed by atoms with Gasteiger partial charge in [-0.15, -0.1) is 0 Å². The third kappa shape index (κ3) is 9.81. The number of carbonyl (C=O) groups excluding carboxylic acids is 4. The quantitative estimate of drug-likeness (QED) is 0.300. The predicted molar refractivity (Wildman–Crippen MR) is 133 cm³/mol. The molecule has 1 aliphatic heterocycles. The number of nitrogens with zero attached hydrogens (tertiary/aromatic N) is 1. The van der Waals surface area contributed by atoms with Gasteiger partial charge >= 0.3 is 11.9 Å². The van der Waals surface area contributed by atoms with Gasteiger partial charge in [0.15, 0.2) is 11.3 Å². The van der Waals surface area contributed by atoms with E-state index in [1.807, 2.05) is 0 Å². The number of benzene rings is 1. The molecular weight excluding hydrogens is 486 g/mol. The molecule has 1 saturated heterocycles. The van der Waals surface area contributed by atoms with Crippen molar-refractivity contribution in [2.75, 3.05) is 33.9 Å². The average Bonchev–Trinajstić information content (AvgIpc) is 2.80. The number of piperazine rings is 1. The fourth-order valence-electron chi connectivity index (χ4n) is 3.66. The van der Waals surface area contributed by atoms with Gasteiger partial charge in [-0.2, -0.15) is 0 Å². The number of nitrogens with one attached hydrogen (secondary N) is 1. The summed E-state index contributed by atoms with van der Waals surface area (Å²) >= 11 is 0. The van der Waals surface area contributed by atoms with Gasteiger partial charge in [0.25, 0.3) is 11.9 Å². The maximum Gasteiger partial charge on any atom is 0.326 e. The molecule has 2 rings (SSSR count). The van der Waals surface area contributed by atoms with E-state index in [9.17, 15) is 19.2 Å². The number of amides is 1. The first kappa shape index (κ1) is 31.5. The van der Waals surface area contributed by atoms with Crippen molar-refractivity contribution in [3.05, 3.63) is 29.8 Å². The van der Waals surface area contributed by atoms with Crippen LogP contribution in [0.15, 0.2) is 24.3 Å². The molecule has 0 radical (unpaired) electrons. The summed E-state index contributed by atoms with van der Waals surface area (Å²) < 4.78 is 15.2. The van der Waals surface area contributed by atoms with Gasteiger partial charge in [-0.25, -0.2) is 0 Å². The normalized spacial score (nSPS) is 18.1.